The number of nitrogens with zero attached hydrogens (tertiary/aromatic N) is 1. The highest BCUT2D eigenvalue weighted by molar-refractivity contribution is 5.82. The summed E-state index contributed by atoms with van der Waals surface area (Å²) >= 11 is 0. The number of carbonyl (C=O) groups excluding carboxylic acids is 2. The third kappa shape index (κ3) is 5.49. The van der Waals surface area contributed by atoms with Crippen LogP contribution in [0.4, 0.5) is 0 Å². The summed E-state index contributed by atoms with van der Waals surface area (Å²) in [5, 5.41) is 12.1. The molecule has 1 rings (SSSR count). The first-order valence-corrected chi connectivity index (χ1v) is 7.66. The van der Waals surface area contributed by atoms with Gasteiger partial charge < -0.3 is 15.3 Å². The number of aliphatic hydroxyl groups excluding tert-OH is 1. The quantitative estimate of drug-likeness (QED) is 0.719. The van der Waals surface area contributed by atoms with Crippen LogP contribution in [0.15, 0.2) is 0 Å². The molecule has 1 heterocycles. The molecule has 1 fully saturated rings. The molecule has 20 heavy (non-hydrogen) atoms. The summed E-state index contributed by atoms with van der Waals surface area (Å²) in [6.07, 6.45) is 2.91. The lowest BCUT2D eigenvalue weighted by Crippen LogP contribution is -2.46. The molecule has 1 saturated heterocycles. The van der Waals surface area contributed by atoms with Crippen LogP contribution in [0.5, 0.6) is 0 Å². The van der Waals surface area contributed by atoms with Gasteiger partial charge in [0.25, 0.3) is 0 Å². The van der Waals surface area contributed by atoms with Crippen LogP contribution in [0.2, 0.25) is 0 Å². The molecule has 0 aromatic rings. The summed E-state index contributed by atoms with van der Waals surface area (Å²) in [4.78, 5) is 25.9. The number of amides is 2. The fraction of sp³-hybridized carbons (Fsp3) is 0.867. The van der Waals surface area contributed by atoms with Gasteiger partial charge in [0.1, 0.15) is 0 Å². The lowest BCUT2D eigenvalue weighted by molar-refractivity contribution is -0.138. The maximum atomic E-state index is 12.1. The smallest absolute Gasteiger partial charge is 0.225 e. The highest BCUT2D eigenvalue weighted by Gasteiger charge is 2.28. The van der Waals surface area contributed by atoms with E-state index in [1.807, 2.05) is 18.7 Å². The van der Waals surface area contributed by atoms with Crippen molar-refractivity contribution in [1.29, 1.82) is 0 Å². The van der Waals surface area contributed by atoms with Crippen LogP contribution in [0.1, 0.15) is 46.5 Å². The fourth-order valence-electron chi connectivity index (χ4n) is 2.51. The van der Waals surface area contributed by atoms with Gasteiger partial charge in [-0.2, -0.15) is 0 Å². The van der Waals surface area contributed by atoms with Crippen LogP contribution >= 0.6 is 0 Å². The molecule has 0 saturated carbocycles. The first-order valence-electron chi connectivity index (χ1n) is 7.66. The van der Waals surface area contributed by atoms with E-state index in [2.05, 4.69) is 5.32 Å². The maximum Gasteiger partial charge on any atom is 0.225 e. The number of carbonyl (C=O) groups is 2. The molecule has 116 valence electrons. The molecule has 2 N–H and O–H groups in total. The fourth-order valence-corrected chi connectivity index (χ4v) is 2.51. The largest absolute Gasteiger partial charge is 0.393 e. The average Bonchev–Trinajstić information content (AvgIpc) is 2.42. The second-order valence-corrected chi connectivity index (χ2v) is 6.06. The molecule has 2 amide bonds. The number of aliphatic hydroxyl groups is 1. The lowest BCUT2D eigenvalue weighted by atomic mass is 9.96. The topological polar surface area (TPSA) is 69.6 Å². The molecule has 1 aliphatic rings. The van der Waals surface area contributed by atoms with Crippen molar-refractivity contribution >= 4 is 11.8 Å². The number of hydrogen-bond acceptors (Lipinski definition) is 3. The molecule has 0 aromatic heterocycles. The summed E-state index contributed by atoms with van der Waals surface area (Å²) in [7, 11) is 0. The zero-order valence-electron chi connectivity index (χ0n) is 12.9. The van der Waals surface area contributed by atoms with Crippen molar-refractivity contribution in [1.82, 2.24) is 10.2 Å². The molecule has 2 unspecified atom stereocenters. The molecule has 1 aliphatic heterocycles. The molecular weight excluding hydrogens is 256 g/mol. The Labute approximate surface area is 121 Å². The van der Waals surface area contributed by atoms with Gasteiger partial charge >= 0.3 is 0 Å². The minimum atomic E-state index is -0.319. The molecule has 5 heteroatoms. The third-order valence-corrected chi connectivity index (χ3v) is 3.70. The Kier molecular flexibility index (Phi) is 6.99. The number of hydrogen-bond donors (Lipinski definition) is 2. The van der Waals surface area contributed by atoms with Crippen LogP contribution < -0.4 is 5.32 Å². The van der Waals surface area contributed by atoms with Crippen LogP contribution in [-0.2, 0) is 9.59 Å². The Balaban J connectivity index is 2.35. The van der Waals surface area contributed by atoms with Crippen LogP contribution in [0.3, 0.4) is 0 Å². The summed E-state index contributed by atoms with van der Waals surface area (Å²) < 4.78 is 0. The Morgan fingerprint density at radius 2 is 2.05 bits per heavy atom. The van der Waals surface area contributed by atoms with Crippen molar-refractivity contribution in [3.63, 3.8) is 0 Å². The van der Waals surface area contributed by atoms with E-state index >= 15 is 0 Å². The van der Waals surface area contributed by atoms with Gasteiger partial charge in [-0.1, -0.05) is 13.8 Å². The van der Waals surface area contributed by atoms with Gasteiger partial charge in [-0.15, -0.1) is 0 Å². The number of likely N-dealkylation sites (tertiary alicyclic amines) is 1. The zero-order chi connectivity index (χ0) is 15.1. The predicted octanol–water partition coefficient (Wildman–Crippen LogP) is 1.16. The van der Waals surface area contributed by atoms with E-state index in [9.17, 15) is 9.59 Å². The summed E-state index contributed by atoms with van der Waals surface area (Å²) in [5.74, 6) is 0.0781. The van der Waals surface area contributed by atoms with Gasteiger partial charge in [0.05, 0.1) is 12.0 Å². The van der Waals surface area contributed by atoms with Crippen molar-refractivity contribution < 1.29 is 14.7 Å². The first kappa shape index (κ1) is 17.0. The lowest BCUT2D eigenvalue weighted by Gasteiger charge is -2.33. The Morgan fingerprint density at radius 1 is 1.35 bits per heavy atom. The molecule has 2 atom stereocenters. The predicted molar refractivity (Wildman–Crippen MR) is 78.1 cm³/mol. The third-order valence-electron chi connectivity index (χ3n) is 3.70. The molecule has 0 bridgehead atoms. The van der Waals surface area contributed by atoms with Crippen molar-refractivity contribution in [3.05, 3.63) is 0 Å². The monoisotopic (exact) mass is 284 g/mol. The van der Waals surface area contributed by atoms with Crippen LogP contribution in [0, 0.1) is 11.8 Å². The van der Waals surface area contributed by atoms with E-state index in [0.29, 0.717) is 19.5 Å². The molecular formula is C15H28N2O3. The Bertz CT molecular complexity index is 329. The standard InChI is InChI=1S/C15H28N2O3/c1-11(2)15(20)17-9-5-7-13(10-17)14(19)16-8-4-6-12(3)18/h11-13,18H,4-10H2,1-3H3,(H,16,19). The summed E-state index contributed by atoms with van der Waals surface area (Å²) in [6.45, 7) is 7.43. The molecule has 0 aromatic carbocycles. The van der Waals surface area contributed by atoms with E-state index in [1.165, 1.54) is 0 Å². The van der Waals surface area contributed by atoms with Crippen molar-refractivity contribution in [2.45, 2.75) is 52.6 Å². The number of piperidine rings is 1. The van der Waals surface area contributed by atoms with Crippen molar-refractivity contribution in [2.75, 3.05) is 19.6 Å². The van der Waals surface area contributed by atoms with Gasteiger partial charge in [0, 0.05) is 25.6 Å². The van der Waals surface area contributed by atoms with Gasteiger partial charge in [-0.05, 0) is 32.6 Å². The Hall–Kier alpha value is -1.10. The SMILES string of the molecule is CC(O)CCCNC(=O)C1CCCN(C(=O)C(C)C)C1. The average molecular weight is 284 g/mol. The van der Waals surface area contributed by atoms with Gasteiger partial charge in [-0.3, -0.25) is 9.59 Å². The van der Waals surface area contributed by atoms with E-state index in [-0.39, 0.29) is 29.8 Å². The molecule has 0 aliphatic carbocycles. The normalized spacial score (nSPS) is 20.9. The minimum absolute atomic E-state index is 0.0112. The summed E-state index contributed by atoms with van der Waals surface area (Å²) in [6, 6.07) is 0. The van der Waals surface area contributed by atoms with Crippen molar-refractivity contribution in [2.24, 2.45) is 11.8 Å². The van der Waals surface area contributed by atoms with Crippen LogP contribution in [0.25, 0.3) is 0 Å². The summed E-state index contributed by atoms with van der Waals surface area (Å²) in [5.41, 5.74) is 0. The van der Waals surface area contributed by atoms with Gasteiger partial charge in [0.15, 0.2) is 0 Å². The molecule has 0 radical (unpaired) electrons. The number of nitrogens with one attached hydrogen (secondary N) is 1. The second kappa shape index (κ2) is 8.25. The zero-order valence-corrected chi connectivity index (χ0v) is 12.9. The van der Waals surface area contributed by atoms with Crippen LogP contribution in [-0.4, -0.2) is 47.6 Å². The van der Waals surface area contributed by atoms with E-state index in [0.717, 1.165) is 25.8 Å². The molecule has 5 nitrogen and oxygen atoms in total. The highest BCUT2D eigenvalue weighted by Crippen LogP contribution is 2.18. The highest BCUT2D eigenvalue weighted by atomic mass is 16.3. The van der Waals surface area contributed by atoms with Gasteiger partial charge in [-0.25, -0.2) is 0 Å². The van der Waals surface area contributed by atoms with Crippen molar-refractivity contribution in [3.8, 4) is 0 Å². The molecule has 0 spiro atoms. The minimum Gasteiger partial charge on any atom is -0.393 e. The number of rotatable bonds is 6. The maximum absolute atomic E-state index is 12.1. The second-order valence-electron chi connectivity index (χ2n) is 6.06. The Morgan fingerprint density at radius 3 is 2.65 bits per heavy atom. The van der Waals surface area contributed by atoms with E-state index < -0.39 is 0 Å². The first-order chi connectivity index (χ1) is 9.41. The van der Waals surface area contributed by atoms with E-state index in [1.54, 1.807) is 6.92 Å². The van der Waals surface area contributed by atoms with E-state index in [4.69, 9.17) is 5.11 Å². The van der Waals surface area contributed by atoms with Gasteiger partial charge in [0.2, 0.25) is 11.8 Å².